The van der Waals surface area contributed by atoms with E-state index in [-0.39, 0.29) is 17.8 Å². The third-order valence-corrected chi connectivity index (χ3v) is 10.4. The molecule has 0 amide bonds. The van der Waals surface area contributed by atoms with Gasteiger partial charge in [0.2, 0.25) is 0 Å². The maximum absolute atomic E-state index is 13.9. The summed E-state index contributed by atoms with van der Waals surface area (Å²) >= 11 is 1.42. The van der Waals surface area contributed by atoms with Gasteiger partial charge in [-0.2, -0.15) is 0 Å². The lowest BCUT2D eigenvalue weighted by Gasteiger charge is -2.33. The van der Waals surface area contributed by atoms with Gasteiger partial charge in [-0.05, 0) is 71.2 Å². The van der Waals surface area contributed by atoms with Gasteiger partial charge in [0.15, 0.2) is 5.16 Å². The first-order valence-corrected chi connectivity index (χ1v) is 20.6. The predicted octanol–water partition coefficient (Wildman–Crippen LogP) is 11.0. The quantitative estimate of drug-likeness (QED) is 0.0502. The average molecular weight is 732 g/mol. The van der Waals surface area contributed by atoms with Crippen LogP contribution in [-0.2, 0) is 20.7 Å². The van der Waals surface area contributed by atoms with E-state index < -0.39 is 17.9 Å². The number of carbonyl (C=O) groups excluding carboxylic acids is 1. The van der Waals surface area contributed by atoms with Crippen LogP contribution in [-0.4, -0.2) is 45.0 Å². The van der Waals surface area contributed by atoms with Crippen LogP contribution in [0.1, 0.15) is 142 Å². The second-order valence-electron chi connectivity index (χ2n) is 14.6. The number of thioether (sulfide) groups is 1. The highest BCUT2D eigenvalue weighted by Gasteiger charge is 2.41. The first-order chi connectivity index (χ1) is 25.1. The number of rotatable bonds is 23. The lowest BCUT2D eigenvalue weighted by molar-refractivity contribution is -0.143. The zero-order valence-electron chi connectivity index (χ0n) is 32.3. The summed E-state index contributed by atoms with van der Waals surface area (Å²) in [6.07, 6.45) is 16.8. The monoisotopic (exact) mass is 731 g/mol. The maximum atomic E-state index is 13.9. The van der Waals surface area contributed by atoms with Crippen LogP contribution in [0.5, 0.6) is 5.75 Å². The fourth-order valence-electron chi connectivity index (χ4n) is 7.06. The molecular formula is C43H61N3O5S. The van der Waals surface area contributed by atoms with Crippen molar-refractivity contribution in [1.82, 2.24) is 15.3 Å². The van der Waals surface area contributed by atoms with E-state index in [1.165, 1.54) is 82.4 Å². The van der Waals surface area contributed by atoms with Gasteiger partial charge in [-0.25, -0.2) is 14.6 Å². The highest BCUT2D eigenvalue weighted by atomic mass is 32.2. The molecule has 0 saturated carbocycles. The molecule has 8 nitrogen and oxygen atoms in total. The Hall–Kier alpha value is -3.72. The van der Waals surface area contributed by atoms with Crippen LogP contribution in [0.15, 0.2) is 70.2 Å². The second kappa shape index (κ2) is 21.1. The summed E-state index contributed by atoms with van der Waals surface area (Å²) in [5, 5.41) is 14.9. The lowest BCUT2D eigenvalue weighted by atomic mass is 9.77. The number of aromatic nitrogens is 2. The number of dihydropyridines is 1. The molecule has 1 aromatic heterocycles. The van der Waals surface area contributed by atoms with E-state index in [9.17, 15) is 14.7 Å². The van der Waals surface area contributed by atoms with Crippen LogP contribution in [0.3, 0.4) is 0 Å². The van der Waals surface area contributed by atoms with Crippen LogP contribution < -0.4 is 10.1 Å². The van der Waals surface area contributed by atoms with Crippen molar-refractivity contribution in [2.45, 2.75) is 155 Å². The first kappa shape index (κ1) is 41.0. The van der Waals surface area contributed by atoms with Gasteiger partial charge in [-0.15, -0.1) is 0 Å². The fraction of sp³-hybridized carbons (Fsp3) is 0.558. The summed E-state index contributed by atoms with van der Waals surface area (Å²) in [5.74, 6) is -1.60. The van der Waals surface area contributed by atoms with Gasteiger partial charge in [-0.1, -0.05) is 120 Å². The molecule has 3 aromatic rings. The van der Waals surface area contributed by atoms with Crippen molar-refractivity contribution >= 4 is 34.7 Å². The number of aromatic amines is 1. The molecule has 1 aliphatic rings. The number of esters is 1. The number of nitrogens with one attached hydrogen (secondary N) is 2. The predicted molar refractivity (Wildman–Crippen MR) is 213 cm³/mol. The number of unbranched alkanes of at least 4 members (excludes halogenated alkanes) is 12. The minimum atomic E-state index is -1.09. The highest BCUT2D eigenvalue weighted by Crippen LogP contribution is 2.45. The van der Waals surface area contributed by atoms with Crippen molar-refractivity contribution < 1.29 is 24.2 Å². The van der Waals surface area contributed by atoms with Gasteiger partial charge in [0.25, 0.3) is 0 Å². The number of fused-ring (bicyclic) bond motifs is 1. The minimum Gasteiger partial charge on any atom is -0.491 e. The minimum absolute atomic E-state index is 0.122. The van der Waals surface area contributed by atoms with Gasteiger partial charge in [0, 0.05) is 22.7 Å². The Morgan fingerprint density at radius 2 is 1.46 bits per heavy atom. The molecule has 0 radical (unpaired) electrons. The Balaban J connectivity index is 1.58. The Kier molecular flexibility index (Phi) is 16.7. The molecule has 1 atom stereocenters. The zero-order chi connectivity index (χ0) is 37.5. The molecule has 4 rings (SSSR count). The Bertz CT molecular complexity index is 1640. The Morgan fingerprint density at radius 3 is 2.06 bits per heavy atom. The molecule has 3 N–H and O–H groups in total. The van der Waals surface area contributed by atoms with Gasteiger partial charge in [-0.3, -0.25) is 0 Å². The molecule has 1 aliphatic heterocycles. The number of aryl methyl sites for hydroxylation is 1. The van der Waals surface area contributed by atoms with Crippen molar-refractivity contribution in [3.05, 3.63) is 76.1 Å². The molecule has 0 saturated heterocycles. The average Bonchev–Trinajstić information content (AvgIpc) is 3.51. The van der Waals surface area contributed by atoms with E-state index in [0.717, 1.165) is 41.4 Å². The van der Waals surface area contributed by atoms with Crippen molar-refractivity contribution in [1.29, 1.82) is 0 Å². The molecule has 2 heterocycles. The normalized spacial score (nSPS) is 14.8. The van der Waals surface area contributed by atoms with Crippen LogP contribution in [0.25, 0.3) is 11.0 Å². The van der Waals surface area contributed by atoms with E-state index in [2.05, 4.69) is 28.3 Å². The largest absolute Gasteiger partial charge is 0.491 e. The number of para-hydroxylation sites is 2. The smallest absolute Gasteiger partial charge is 0.337 e. The molecule has 1 unspecified atom stereocenters. The van der Waals surface area contributed by atoms with Crippen molar-refractivity contribution in [2.24, 2.45) is 0 Å². The van der Waals surface area contributed by atoms with Gasteiger partial charge in [0.1, 0.15) is 5.75 Å². The third kappa shape index (κ3) is 11.9. The summed E-state index contributed by atoms with van der Waals surface area (Å²) in [5.41, 5.74) is 5.01. The SMILES string of the molecule is CCCCCCCCCCCCCCCc1cccc(OC(C)C)c1C1C(C(=O)OC(C)C)=C(C)NC(CSc2nc3ccccc3[nH]2)=C1C(=O)O. The molecular weight excluding hydrogens is 671 g/mol. The number of allylic oxidation sites excluding steroid dienone is 1. The van der Waals surface area contributed by atoms with Crippen LogP contribution in [0, 0.1) is 0 Å². The van der Waals surface area contributed by atoms with Crippen molar-refractivity contribution in [3.63, 3.8) is 0 Å². The van der Waals surface area contributed by atoms with Crippen molar-refractivity contribution in [3.8, 4) is 5.75 Å². The number of hydrogen-bond acceptors (Lipinski definition) is 7. The molecule has 0 aliphatic carbocycles. The van der Waals surface area contributed by atoms with Crippen LogP contribution >= 0.6 is 11.8 Å². The first-order valence-electron chi connectivity index (χ1n) is 19.6. The zero-order valence-corrected chi connectivity index (χ0v) is 33.1. The number of carbonyl (C=O) groups is 2. The highest BCUT2D eigenvalue weighted by molar-refractivity contribution is 7.99. The summed E-state index contributed by atoms with van der Waals surface area (Å²) < 4.78 is 12.2. The number of nitrogens with zero attached hydrogens (tertiary/aromatic N) is 1. The number of H-pyrrole nitrogens is 1. The molecule has 52 heavy (non-hydrogen) atoms. The molecule has 0 bridgehead atoms. The number of ether oxygens (including phenoxy) is 2. The maximum Gasteiger partial charge on any atom is 0.337 e. The number of benzene rings is 2. The number of hydrogen-bond donors (Lipinski definition) is 3. The topological polar surface area (TPSA) is 114 Å². The number of carboxylic acid groups (broad SMARTS) is 1. The number of imidazole rings is 1. The number of aliphatic carboxylic acids is 1. The van der Waals surface area contributed by atoms with Gasteiger partial charge >= 0.3 is 11.9 Å². The standard InChI is InChI=1S/C43H61N3O5S/c1-7-8-9-10-11-12-13-14-15-16-17-18-19-23-32-24-22-27-36(50-29(2)3)38(32)40-37(42(49)51-30(4)5)31(6)44-35(39(40)41(47)48)28-52-43-45-33-25-20-21-26-34(33)46-43/h20-22,24-27,29-30,40,44H,7-19,23,28H2,1-6H3,(H,45,46)(H,47,48). The van der Waals surface area contributed by atoms with Crippen LogP contribution in [0.4, 0.5) is 0 Å². The summed E-state index contributed by atoms with van der Waals surface area (Å²) in [6, 6.07) is 13.7. The van der Waals surface area contributed by atoms with E-state index in [4.69, 9.17) is 9.47 Å². The Morgan fingerprint density at radius 1 is 0.827 bits per heavy atom. The Labute approximate surface area is 315 Å². The van der Waals surface area contributed by atoms with E-state index >= 15 is 0 Å². The van der Waals surface area contributed by atoms with E-state index in [1.807, 2.05) is 57.2 Å². The van der Waals surface area contributed by atoms with Crippen molar-refractivity contribution in [2.75, 3.05) is 5.75 Å². The van der Waals surface area contributed by atoms with Crippen LogP contribution in [0.2, 0.25) is 0 Å². The van der Waals surface area contributed by atoms with E-state index in [0.29, 0.717) is 33.6 Å². The summed E-state index contributed by atoms with van der Waals surface area (Å²) in [6.45, 7) is 11.6. The summed E-state index contributed by atoms with van der Waals surface area (Å²) in [4.78, 5) is 35.3. The molecule has 284 valence electrons. The molecule has 0 fully saturated rings. The fourth-order valence-corrected chi connectivity index (χ4v) is 7.92. The molecule has 2 aromatic carbocycles. The molecule has 9 heteroatoms. The second-order valence-corrected chi connectivity index (χ2v) is 15.5. The number of carboxylic acids is 1. The lowest BCUT2D eigenvalue weighted by Crippen LogP contribution is -2.34. The summed E-state index contributed by atoms with van der Waals surface area (Å²) in [7, 11) is 0. The molecule has 0 spiro atoms. The van der Waals surface area contributed by atoms with Gasteiger partial charge in [0.05, 0.1) is 40.3 Å². The third-order valence-electron chi connectivity index (χ3n) is 9.52. The van der Waals surface area contributed by atoms with Gasteiger partial charge < -0.3 is 24.9 Å². The van der Waals surface area contributed by atoms with E-state index in [1.54, 1.807) is 13.8 Å².